The molecule has 102 valence electrons. The van der Waals surface area contributed by atoms with Crippen LogP contribution in [0.1, 0.15) is 38.5 Å². The fourth-order valence-corrected chi connectivity index (χ4v) is 5.14. The van der Waals surface area contributed by atoms with Crippen LogP contribution >= 0.6 is 0 Å². The second-order valence-corrected chi connectivity index (χ2v) is 6.98. The molecule has 4 bridgehead atoms. The van der Waals surface area contributed by atoms with Crippen molar-refractivity contribution in [3.8, 4) is 5.75 Å². The molecule has 4 saturated carbocycles. The number of rotatable bonds is 3. The van der Waals surface area contributed by atoms with Crippen molar-refractivity contribution in [2.75, 3.05) is 12.3 Å². The van der Waals surface area contributed by atoms with Gasteiger partial charge in [0.15, 0.2) is 11.6 Å². The summed E-state index contributed by atoms with van der Waals surface area (Å²) < 4.78 is 5.97. The van der Waals surface area contributed by atoms with Crippen molar-refractivity contribution < 1.29 is 4.74 Å². The number of hydrogen-bond acceptors (Lipinski definition) is 4. The molecule has 19 heavy (non-hydrogen) atoms. The Bertz CT molecular complexity index is 453. The van der Waals surface area contributed by atoms with Crippen LogP contribution in [0.5, 0.6) is 5.75 Å². The zero-order chi connectivity index (χ0) is 12.9. The van der Waals surface area contributed by atoms with Crippen molar-refractivity contribution in [1.82, 2.24) is 9.97 Å². The average molecular weight is 259 g/mol. The zero-order valence-electron chi connectivity index (χ0n) is 11.2. The van der Waals surface area contributed by atoms with Gasteiger partial charge in [-0.2, -0.15) is 0 Å². The SMILES string of the molecule is Nc1ncncc1OCC12CC3CC(CC(C3)C1)C2. The summed E-state index contributed by atoms with van der Waals surface area (Å²) in [5, 5.41) is 0. The number of nitrogens with two attached hydrogens (primary N) is 1. The molecule has 1 heterocycles. The van der Waals surface area contributed by atoms with Crippen LogP contribution in [-0.2, 0) is 0 Å². The standard InChI is InChI=1S/C15H21N3O/c16-14-13(7-17-9-18-14)19-8-15-4-10-1-11(5-15)3-12(2-10)6-15/h7,9-12H,1-6,8H2,(H2,16,17,18). The van der Waals surface area contributed by atoms with Gasteiger partial charge in [0.25, 0.3) is 0 Å². The van der Waals surface area contributed by atoms with Crippen molar-refractivity contribution in [2.24, 2.45) is 23.2 Å². The Labute approximate surface area is 113 Å². The van der Waals surface area contributed by atoms with E-state index in [0.717, 1.165) is 24.4 Å². The van der Waals surface area contributed by atoms with Crippen molar-refractivity contribution in [3.05, 3.63) is 12.5 Å². The summed E-state index contributed by atoms with van der Waals surface area (Å²) in [6, 6.07) is 0. The lowest BCUT2D eigenvalue weighted by molar-refractivity contribution is -0.0745. The van der Waals surface area contributed by atoms with E-state index in [9.17, 15) is 0 Å². The molecule has 1 aromatic rings. The van der Waals surface area contributed by atoms with E-state index in [1.165, 1.54) is 44.9 Å². The molecule has 0 unspecified atom stereocenters. The van der Waals surface area contributed by atoms with Crippen molar-refractivity contribution >= 4 is 5.82 Å². The lowest BCUT2D eigenvalue weighted by atomic mass is 9.50. The van der Waals surface area contributed by atoms with Crippen LogP contribution in [0.3, 0.4) is 0 Å². The highest BCUT2D eigenvalue weighted by molar-refractivity contribution is 5.42. The van der Waals surface area contributed by atoms with E-state index in [2.05, 4.69) is 9.97 Å². The maximum Gasteiger partial charge on any atom is 0.179 e. The van der Waals surface area contributed by atoms with Gasteiger partial charge in [-0.3, -0.25) is 0 Å². The number of aromatic nitrogens is 2. The van der Waals surface area contributed by atoms with Crippen LogP contribution in [0.2, 0.25) is 0 Å². The van der Waals surface area contributed by atoms with E-state index in [4.69, 9.17) is 10.5 Å². The Morgan fingerprint density at radius 2 is 1.79 bits per heavy atom. The molecule has 0 amide bonds. The summed E-state index contributed by atoms with van der Waals surface area (Å²) >= 11 is 0. The number of anilines is 1. The summed E-state index contributed by atoms with van der Waals surface area (Å²) in [7, 11) is 0. The Kier molecular flexibility index (Phi) is 2.47. The second kappa shape index (κ2) is 4.09. The largest absolute Gasteiger partial charge is 0.488 e. The Morgan fingerprint density at radius 1 is 1.16 bits per heavy atom. The average Bonchev–Trinajstić information content (AvgIpc) is 2.36. The topological polar surface area (TPSA) is 61.0 Å². The van der Waals surface area contributed by atoms with Gasteiger partial charge in [-0.1, -0.05) is 0 Å². The molecule has 1 aromatic heterocycles. The minimum atomic E-state index is 0.414. The van der Waals surface area contributed by atoms with Crippen LogP contribution in [0, 0.1) is 23.2 Å². The van der Waals surface area contributed by atoms with Gasteiger partial charge in [-0.05, 0) is 56.3 Å². The molecule has 4 nitrogen and oxygen atoms in total. The molecule has 5 rings (SSSR count). The molecule has 0 atom stereocenters. The fourth-order valence-electron chi connectivity index (χ4n) is 5.14. The summed E-state index contributed by atoms with van der Waals surface area (Å²) in [4.78, 5) is 7.98. The maximum absolute atomic E-state index is 5.97. The van der Waals surface area contributed by atoms with Crippen molar-refractivity contribution in [3.63, 3.8) is 0 Å². The first-order valence-electron chi connectivity index (χ1n) is 7.41. The third-order valence-corrected chi connectivity index (χ3v) is 5.41. The zero-order valence-corrected chi connectivity index (χ0v) is 11.2. The van der Waals surface area contributed by atoms with Crippen LogP contribution in [0.4, 0.5) is 5.82 Å². The molecule has 0 aromatic carbocycles. The number of nitrogen functional groups attached to an aromatic ring is 1. The predicted octanol–water partition coefficient (Wildman–Crippen LogP) is 2.65. The van der Waals surface area contributed by atoms with Crippen LogP contribution in [-0.4, -0.2) is 16.6 Å². The van der Waals surface area contributed by atoms with Gasteiger partial charge in [-0.25, -0.2) is 9.97 Å². The minimum absolute atomic E-state index is 0.414. The van der Waals surface area contributed by atoms with E-state index < -0.39 is 0 Å². The van der Waals surface area contributed by atoms with E-state index in [-0.39, 0.29) is 0 Å². The van der Waals surface area contributed by atoms with Gasteiger partial charge in [0, 0.05) is 5.41 Å². The number of nitrogens with zero attached hydrogens (tertiary/aromatic N) is 2. The molecule has 0 saturated heterocycles. The van der Waals surface area contributed by atoms with E-state index in [1.54, 1.807) is 6.20 Å². The molecule has 0 spiro atoms. The van der Waals surface area contributed by atoms with E-state index >= 15 is 0 Å². The number of ether oxygens (including phenoxy) is 1. The maximum atomic E-state index is 5.97. The summed E-state index contributed by atoms with van der Waals surface area (Å²) in [6.45, 7) is 0.800. The second-order valence-electron chi connectivity index (χ2n) is 6.98. The molecule has 4 heteroatoms. The third-order valence-electron chi connectivity index (χ3n) is 5.41. The lowest BCUT2D eigenvalue weighted by Crippen LogP contribution is -2.48. The van der Waals surface area contributed by atoms with Crippen LogP contribution in [0.25, 0.3) is 0 Å². The lowest BCUT2D eigenvalue weighted by Gasteiger charge is -2.56. The molecule has 0 radical (unpaired) electrons. The highest BCUT2D eigenvalue weighted by atomic mass is 16.5. The predicted molar refractivity (Wildman–Crippen MR) is 72.5 cm³/mol. The first-order chi connectivity index (χ1) is 9.22. The Hall–Kier alpha value is -1.32. The fraction of sp³-hybridized carbons (Fsp3) is 0.733. The Morgan fingerprint density at radius 3 is 2.37 bits per heavy atom. The number of hydrogen-bond donors (Lipinski definition) is 1. The quantitative estimate of drug-likeness (QED) is 0.906. The molecule has 4 fully saturated rings. The third kappa shape index (κ3) is 1.97. The first kappa shape index (κ1) is 11.5. The van der Waals surface area contributed by atoms with Crippen molar-refractivity contribution in [1.29, 1.82) is 0 Å². The van der Waals surface area contributed by atoms with Gasteiger partial charge in [0.05, 0.1) is 12.8 Å². The van der Waals surface area contributed by atoms with E-state index in [1.807, 2.05) is 0 Å². The molecular weight excluding hydrogens is 238 g/mol. The minimum Gasteiger partial charge on any atom is -0.488 e. The highest BCUT2D eigenvalue weighted by Gasteiger charge is 2.51. The summed E-state index contributed by atoms with van der Waals surface area (Å²) in [6.07, 6.45) is 11.6. The van der Waals surface area contributed by atoms with Crippen molar-refractivity contribution in [2.45, 2.75) is 38.5 Å². The Balaban J connectivity index is 1.49. The van der Waals surface area contributed by atoms with Gasteiger partial charge in [0.2, 0.25) is 0 Å². The van der Waals surface area contributed by atoms with Gasteiger partial charge < -0.3 is 10.5 Å². The normalized spacial score (nSPS) is 39.5. The molecule has 0 aliphatic heterocycles. The van der Waals surface area contributed by atoms with Crippen LogP contribution < -0.4 is 10.5 Å². The summed E-state index contributed by atoms with van der Waals surface area (Å²) in [5.41, 5.74) is 6.24. The monoisotopic (exact) mass is 259 g/mol. The smallest absolute Gasteiger partial charge is 0.179 e. The molecule has 4 aliphatic carbocycles. The highest BCUT2D eigenvalue weighted by Crippen LogP contribution is 2.60. The van der Waals surface area contributed by atoms with Gasteiger partial charge in [-0.15, -0.1) is 0 Å². The molecule has 2 N–H and O–H groups in total. The van der Waals surface area contributed by atoms with Gasteiger partial charge in [0.1, 0.15) is 6.33 Å². The molecule has 4 aliphatic rings. The first-order valence-corrected chi connectivity index (χ1v) is 7.41. The van der Waals surface area contributed by atoms with Gasteiger partial charge >= 0.3 is 0 Å². The van der Waals surface area contributed by atoms with Crippen LogP contribution in [0.15, 0.2) is 12.5 Å². The van der Waals surface area contributed by atoms with E-state index in [0.29, 0.717) is 17.0 Å². The summed E-state index contributed by atoms with van der Waals surface area (Å²) in [5.74, 6) is 3.98. The molecular formula is C15H21N3O.